The van der Waals surface area contributed by atoms with Crippen LogP contribution in [0.1, 0.15) is 40.1 Å². The Morgan fingerprint density at radius 1 is 1.04 bits per heavy atom. The number of hydrogen-bond donors (Lipinski definition) is 2. The molecule has 0 radical (unpaired) electrons. The van der Waals surface area contributed by atoms with Gasteiger partial charge in [0.2, 0.25) is 0 Å². The molecule has 7 heteroatoms. The first-order valence-corrected chi connectivity index (χ1v) is 9.01. The number of aromatic hydroxyl groups is 1. The second-order valence-corrected chi connectivity index (χ2v) is 6.20. The van der Waals surface area contributed by atoms with Crippen LogP contribution < -0.4 is 5.32 Å². The smallest absolute Gasteiger partial charge is 0.342 e. The van der Waals surface area contributed by atoms with Crippen molar-refractivity contribution in [3.63, 3.8) is 0 Å². The molecule has 2 rings (SSSR count). The van der Waals surface area contributed by atoms with Crippen LogP contribution >= 0.6 is 0 Å². The summed E-state index contributed by atoms with van der Waals surface area (Å²) < 4.78 is 4.93. The number of benzene rings is 2. The zero-order valence-corrected chi connectivity index (χ0v) is 16.2. The lowest BCUT2D eigenvalue weighted by molar-refractivity contribution is -0.119. The van der Waals surface area contributed by atoms with Gasteiger partial charge in [-0.25, -0.2) is 4.79 Å². The lowest BCUT2D eigenvalue weighted by Crippen LogP contribution is -2.30. The molecule has 2 aromatic carbocycles. The van der Waals surface area contributed by atoms with Crippen LogP contribution in [0, 0.1) is 6.92 Å². The van der Waals surface area contributed by atoms with Crippen molar-refractivity contribution < 1.29 is 24.2 Å². The highest BCUT2D eigenvalue weighted by molar-refractivity contribution is 5.98. The molecule has 2 N–H and O–H groups in total. The molecule has 2 amide bonds. The first-order chi connectivity index (χ1) is 13.3. The Balaban J connectivity index is 1.91. The molecular formula is C21H24N2O5. The number of amides is 2. The summed E-state index contributed by atoms with van der Waals surface area (Å²) in [5.41, 5.74) is 1.81. The van der Waals surface area contributed by atoms with Gasteiger partial charge in [-0.1, -0.05) is 6.07 Å². The first-order valence-electron chi connectivity index (χ1n) is 9.01. The van der Waals surface area contributed by atoms with Crippen LogP contribution in [0.5, 0.6) is 5.75 Å². The van der Waals surface area contributed by atoms with Crippen LogP contribution in [0.2, 0.25) is 0 Å². The number of phenolic OH excluding ortho intramolecular Hbond substituents is 1. The van der Waals surface area contributed by atoms with Gasteiger partial charge in [0.25, 0.3) is 11.8 Å². The molecule has 2 aromatic rings. The van der Waals surface area contributed by atoms with Crippen molar-refractivity contribution in [2.24, 2.45) is 0 Å². The predicted octanol–water partition coefficient (Wildman–Crippen LogP) is 2.98. The number of nitrogens with zero attached hydrogens (tertiary/aromatic N) is 1. The molecule has 0 unspecified atom stereocenters. The maximum atomic E-state index is 12.3. The fourth-order valence-corrected chi connectivity index (χ4v) is 2.61. The number of rotatable bonds is 7. The maximum absolute atomic E-state index is 12.3. The molecule has 0 atom stereocenters. The predicted molar refractivity (Wildman–Crippen MR) is 105 cm³/mol. The Bertz CT molecular complexity index is 858. The van der Waals surface area contributed by atoms with Crippen molar-refractivity contribution in [2.75, 3.05) is 25.0 Å². The van der Waals surface area contributed by atoms with E-state index in [2.05, 4.69) is 5.32 Å². The van der Waals surface area contributed by atoms with Gasteiger partial charge >= 0.3 is 5.97 Å². The Morgan fingerprint density at radius 3 is 2.25 bits per heavy atom. The van der Waals surface area contributed by atoms with Crippen LogP contribution in [0.4, 0.5) is 5.69 Å². The minimum atomic E-state index is -0.784. The van der Waals surface area contributed by atoms with E-state index >= 15 is 0 Å². The fraction of sp³-hybridized carbons (Fsp3) is 0.286. The summed E-state index contributed by atoms with van der Waals surface area (Å²) in [5.74, 6) is -1.58. The first kappa shape index (κ1) is 21.0. The molecule has 28 heavy (non-hydrogen) atoms. The van der Waals surface area contributed by atoms with Crippen LogP contribution in [0.3, 0.4) is 0 Å². The van der Waals surface area contributed by atoms with E-state index < -0.39 is 18.5 Å². The quantitative estimate of drug-likeness (QED) is 0.716. The molecule has 0 bridgehead atoms. The SMILES string of the molecule is CCN(CC)C(=O)c1ccc(NC(=O)COC(=O)c2ccc(C)cc2O)cc1. The van der Waals surface area contributed by atoms with E-state index in [1.54, 1.807) is 42.2 Å². The molecule has 0 spiro atoms. The summed E-state index contributed by atoms with van der Waals surface area (Å²) in [7, 11) is 0. The summed E-state index contributed by atoms with van der Waals surface area (Å²) in [5, 5.41) is 12.4. The minimum Gasteiger partial charge on any atom is -0.507 e. The van der Waals surface area contributed by atoms with Gasteiger partial charge in [0.1, 0.15) is 11.3 Å². The van der Waals surface area contributed by atoms with Crippen LogP contribution in [-0.4, -0.2) is 47.5 Å². The monoisotopic (exact) mass is 384 g/mol. The Hall–Kier alpha value is -3.35. The van der Waals surface area contributed by atoms with Crippen molar-refractivity contribution >= 4 is 23.5 Å². The van der Waals surface area contributed by atoms with Gasteiger partial charge in [-0.2, -0.15) is 0 Å². The molecule has 0 saturated heterocycles. The number of hydrogen-bond acceptors (Lipinski definition) is 5. The highest BCUT2D eigenvalue weighted by Gasteiger charge is 2.15. The molecule has 0 aromatic heterocycles. The highest BCUT2D eigenvalue weighted by atomic mass is 16.5. The van der Waals surface area contributed by atoms with E-state index in [0.29, 0.717) is 24.3 Å². The number of anilines is 1. The molecular weight excluding hydrogens is 360 g/mol. The third kappa shape index (κ3) is 5.33. The Morgan fingerprint density at radius 2 is 1.68 bits per heavy atom. The van der Waals surface area contributed by atoms with Crippen molar-refractivity contribution in [1.82, 2.24) is 4.90 Å². The Kier molecular flexibility index (Phi) is 7.14. The summed E-state index contributed by atoms with van der Waals surface area (Å²) in [6, 6.07) is 11.0. The third-order valence-corrected chi connectivity index (χ3v) is 4.17. The summed E-state index contributed by atoms with van der Waals surface area (Å²) in [6.45, 7) is 6.35. The number of carbonyl (C=O) groups excluding carboxylic acids is 3. The highest BCUT2D eigenvalue weighted by Crippen LogP contribution is 2.19. The average Bonchev–Trinajstić information content (AvgIpc) is 2.67. The normalized spacial score (nSPS) is 10.2. The molecule has 0 aliphatic carbocycles. The Labute approximate surface area is 163 Å². The minimum absolute atomic E-state index is 0.00216. The van der Waals surface area contributed by atoms with Crippen molar-refractivity contribution in [2.45, 2.75) is 20.8 Å². The van der Waals surface area contributed by atoms with Gasteiger partial charge < -0.3 is 20.1 Å². The van der Waals surface area contributed by atoms with Gasteiger partial charge in [0.15, 0.2) is 6.61 Å². The van der Waals surface area contributed by atoms with Crippen LogP contribution in [0.25, 0.3) is 0 Å². The van der Waals surface area contributed by atoms with Gasteiger partial charge in [0, 0.05) is 24.3 Å². The molecule has 7 nitrogen and oxygen atoms in total. The van der Waals surface area contributed by atoms with E-state index in [1.807, 2.05) is 13.8 Å². The molecule has 0 aliphatic heterocycles. The number of aryl methyl sites for hydroxylation is 1. The summed E-state index contributed by atoms with van der Waals surface area (Å²) in [4.78, 5) is 37.9. The van der Waals surface area contributed by atoms with Crippen LogP contribution in [-0.2, 0) is 9.53 Å². The molecule has 0 fully saturated rings. The lowest BCUT2D eigenvalue weighted by Gasteiger charge is -2.18. The van der Waals surface area contributed by atoms with Crippen molar-refractivity contribution in [1.29, 1.82) is 0 Å². The third-order valence-electron chi connectivity index (χ3n) is 4.17. The van der Waals surface area contributed by atoms with E-state index in [0.717, 1.165) is 5.56 Å². The maximum Gasteiger partial charge on any atom is 0.342 e. The van der Waals surface area contributed by atoms with Crippen molar-refractivity contribution in [3.8, 4) is 5.75 Å². The van der Waals surface area contributed by atoms with E-state index in [1.165, 1.54) is 12.1 Å². The number of ether oxygens (including phenoxy) is 1. The van der Waals surface area contributed by atoms with E-state index in [-0.39, 0.29) is 17.2 Å². The molecule has 0 saturated carbocycles. The molecule has 148 valence electrons. The van der Waals surface area contributed by atoms with E-state index in [9.17, 15) is 19.5 Å². The zero-order chi connectivity index (χ0) is 20.7. The number of carbonyl (C=O) groups is 3. The summed E-state index contributed by atoms with van der Waals surface area (Å²) in [6.07, 6.45) is 0. The summed E-state index contributed by atoms with van der Waals surface area (Å²) >= 11 is 0. The average molecular weight is 384 g/mol. The van der Waals surface area contributed by atoms with Gasteiger partial charge in [-0.15, -0.1) is 0 Å². The topological polar surface area (TPSA) is 95.9 Å². The standard InChI is InChI=1S/C21H24N2O5/c1-4-23(5-2)20(26)15-7-9-16(10-8-15)22-19(25)13-28-21(27)17-11-6-14(3)12-18(17)24/h6-12,24H,4-5,13H2,1-3H3,(H,22,25). The molecule has 0 aliphatic rings. The van der Waals surface area contributed by atoms with E-state index in [4.69, 9.17) is 4.74 Å². The molecule has 0 heterocycles. The number of nitrogens with one attached hydrogen (secondary N) is 1. The number of phenols is 1. The second kappa shape index (κ2) is 9.55. The zero-order valence-electron chi connectivity index (χ0n) is 16.2. The lowest BCUT2D eigenvalue weighted by atomic mass is 10.1. The number of esters is 1. The second-order valence-electron chi connectivity index (χ2n) is 6.20. The van der Waals surface area contributed by atoms with Gasteiger partial charge in [-0.3, -0.25) is 9.59 Å². The largest absolute Gasteiger partial charge is 0.507 e. The van der Waals surface area contributed by atoms with Gasteiger partial charge in [-0.05, 0) is 62.7 Å². The fourth-order valence-electron chi connectivity index (χ4n) is 2.61. The van der Waals surface area contributed by atoms with Gasteiger partial charge in [0.05, 0.1) is 0 Å². The van der Waals surface area contributed by atoms with Crippen molar-refractivity contribution in [3.05, 3.63) is 59.2 Å². The van der Waals surface area contributed by atoms with Crippen LogP contribution in [0.15, 0.2) is 42.5 Å².